The van der Waals surface area contributed by atoms with Crippen LogP contribution in [0.2, 0.25) is 0 Å². The number of aliphatic hydroxyl groups excluding tert-OH is 3. The number of carbonyl (C=O) groups excluding carboxylic acids is 2. The molecule has 2 heterocycles. The Morgan fingerprint density at radius 3 is 2.55 bits per heavy atom. The minimum atomic E-state index is -1.63. The molecule has 2 aliphatic heterocycles. The number of aliphatic hydroxyl groups is 4. The summed E-state index contributed by atoms with van der Waals surface area (Å²) in [6.45, 7) is 0.884. The van der Waals surface area contributed by atoms with Gasteiger partial charge in [0.05, 0.1) is 13.0 Å². The first-order valence-electron chi connectivity index (χ1n) is 10.4. The van der Waals surface area contributed by atoms with E-state index in [2.05, 4.69) is 0 Å². The number of phenols is 1. The molecule has 11 nitrogen and oxygen atoms in total. The number of rotatable bonds is 8. The maximum atomic E-state index is 12.0. The van der Waals surface area contributed by atoms with Gasteiger partial charge >= 0.3 is 11.9 Å². The molecule has 3 rings (SSSR count). The van der Waals surface area contributed by atoms with Crippen LogP contribution in [0.5, 0.6) is 5.75 Å². The summed E-state index contributed by atoms with van der Waals surface area (Å²) in [5.74, 6) is -1.74. The normalized spacial score (nSPS) is 33.1. The molecule has 7 atom stereocenters. The maximum Gasteiger partial charge on any atom is 0.330 e. The number of hydrogen-bond acceptors (Lipinski definition) is 11. The lowest BCUT2D eigenvalue weighted by atomic mass is 9.88. The standard InChI is InChI=1S/C22H28O11/c1-12(22(29)8-17(25)32-11-22)9-31-21-20(28)19(27)18(26)15(33-21)10-30-16(24)7-4-13-2-5-14(23)6-3-13/h2-7,12,15,18-21,23,26-29H,8-11H2,1H3/t12-,15-,18-,19+,20-,21+,22-/m1/s1. The van der Waals surface area contributed by atoms with Crippen molar-refractivity contribution in [2.75, 3.05) is 19.8 Å². The molecule has 182 valence electrons. The van der Waals surface area contributed by atoms with Crippen LogP contribution in [0.4, 0.5) is 0 Å². The third-order valence-electron chi connectivity index (χ3n) is 5.72. The number of esters is 2. The molecule has 11 heteroatoms. The summed E-state index contributed by atoms with van der Waals surface area (Å²) in [5, 5.41) is 50.2. The largest absolute Gasteiger partial charge is 0.508 e. The third-order valence-corrected chi connectivity index (χ3v) is 5.72. The predicted molar refractivity (Wildman–Crippen MR) is 110 cm³/mol. The zero-order valence-electron chi connectivity index (χ0n) is 17.9. The highest BCUT2D eigenvalue weighted by Gasteiger charge is 2.47. The fourth-order valence-electron chi connectivity index (χ4n) is 3.42. The fraction of sp³-hybridized carbons (Fsp3) is 0.545. The number of cyclic esters (lactones) is 1. The Morgan fingerprint density at radius 2 is 1.91 bits per heavy atom. The smallest absolute Gasteiger partial charge is 0.330 e. The van der Waals surface area contributed by atoms with Gasteiger partial charge in [-0.3, -0.25) is 4.79 Å². The summed E-state index contributed by atoms with van der Waals surface area (Å²) in [6.07, 6.45) is -4.90. The summed E-state index contributed by atoms with van der Waals surface area (Å²) < 4.78 is 20.8. The highest BCUT2D eigenvalue weighted by atomic mass is 16.7. The number of carbonyl (C=O) groups is 2. The van der Waals surface area contributed by atoms with Crippen LogP contribution in [0.3, 0.4) is 0 Å². The summed E-state index contributed by atoms with van der Waals surface area (Å²) in [7, 11) is 0. The van der Waals surface area contributed by atoms with Crippen LogP contribution in [0, 0.1) is 5.92 Å². The Balaban J connectivity index is 1.52. The van der Waals surface area contributed by atoms with Gasteiger partial charge in [0, 0.05) is 12.0 Å². The zero-order valence-corrected chi connectivity index (χ0v) is 17.9. The molecular formula is C22H28O11. The molecule has 0 spiro atoms. The SMILES string of the molecule is C[C@H](CO[C@H]1O[C@H](COC(=O)C=Cc2ccc(O)cc2)[C@@H](O)[C@H](O)[C@H]1O)[C@]1(O)COC(=O)C1. The highest BCUT2D eigenvalue weighted by Crippen LogP contribution is 2.30. The number of ether oxygens (including phenoxy) is 4. The molecule has 2 aliphatic rings. The first-order chi connectivity index (χ1) is 15.6. The number of hydrogen-bond donors (Lipinski definition) is 5. The highest BCUT2D eigenvalue weighted by molar-refractivity contribution is 5.87. The van der Waals surface area contributed by atoms with E-state index >= 15 is 0 Å². The van der Waals surface area contributed by atoms with Gasteiger partial charge in [0.15, 0.2) is 6.29 Å². The molecule has 0 aromatic heterocycles. The molecule has 5 N–H and O–H groups in total. The molecule has 0 unspecified atom stereocenters. The average molecular weight is 468 g/mol. The van der Waals surface area contributed by atoms with Gasteiger partial charge in [-0.25, -0.2) is 4.79 Å². The van der Waals surface area contributed by atoms with Crippen molar-refractivity contribution in [1.29, 1.82) is 0 Å². The van der Waals surface area contributed by atoms with Crippen LogP contribution in [-0.4, -0.2) is 93.6 Å². The summed E-state index contributed by atoms with van der Waals surface area (Å²) in [5.41, 5.74) is -0.774. The predicted octanol–water partition coefficient (Wildman–Crippen LogP) is -0.913. The summed E-state index contributed by atoms with van der Waals surface area (Å²) >= 11 is 0. The van der Waals surface area contributed by atoms with Gasteiger partial charge in [0.2, 0.25) is 0 Å². The molecule has 0 radical (unpaired) electrons. The first kappa shape index (κ1) is 25.1. The zero-order chi connectivity index (χ0) is 24.2. The number of benzene rings is 1. The van der Waals surface area contributed by atoms with E-state index < -0.39 is 60.8 Å². The quantitative estimate of drug-likeness (QED) is 0.236. The summed E-state index contributed by atoms with van der Waals surface area (Å²) in [4.78, 5) is 23.3. The molecule has 2 saturated heterocycles. The lowest BCUT2D eigenvalue weighted by Gasteiger charge is -2.40. The Bertz CT molecular complexity index is 854. The number of phenolic OH excluding ortho intramolecular Hbond substituents is 1. The second-order valence-corrected chi connectivity index (χ2v) is 8.25. The van der Waals surface area contributed by atoms with Crippen LogP contribution < -0.4 is 0 Å². The van der Waals surface area contributed by atoms with E-state index in [0.29, 0.717) is 5.56 Å². The topological polar surface area (TPSA) is 172 Å². The van der Waals surface area contributed by atoms with Crippen LogP contribution in [-0.2, 0) is 28.5 Å². The van der Waals surface area contributed by atoms with Gasteiger partial charge in [-0.05, 0) is 23.8 Å². The van der Waals surface area contributed by atoms with Gasteiger partial charge < -0.3 is 44.5 Å². The van der Waals surface area contributed by atoms with E-state index in [1.807, 2.05) is 0 Å². The average Bonchev–Trinajstić information content (AvgIpc) is 3.15. The monoisotopic (exact) mass is 468 g/mol. The van der Waals surface area contributed by atoms with E-state index in [0.717, 1.165) is 6.08 Å². The van der Waals surface area contributed by atoms with E-state index in [-0.39, 0.29) is 25.4 Å². The second-order valence-electron chi connectivity index (χ2n) is 8.25. The number of aromatic hydroxyl groups is 1. The molecule has 1 aromatic carbocycles. The third kappa shape index (κ3) is 6.28. The second kappa shape index (κ2) is 10.6. The molecule has 1 aromatic rings. The van der Waals surface area contributed by atoms with Gasteiger partial charge in [-0.1, -0.05) is 19.1 Å². The van der Waals surface area contributed by atoms with E-state index in [1.54, 1.807) is 19.1 Å². The van der Waals surface area contributed by atoms with E-state index in [4.69, 9.17) is 18.9 Å². The fourth-order valence-corrected chi connectivity index (χ4v) is 3.42. The molecule has 0 bridgehead atoms. The minimum Gasteiger partial charge on any atom is -0.508 e. The minimum absolute atomic E-state index is 0.0873. The van der Waals surface area contributed by atoms with Crippen molar-refractivity contribution >= 4 is 18.0 Å². The van der Waals surface area contributed by atoms with Crippen molar-refractivity contribution in [2.24, 2.45) is 5.92 Å². The van der Waals surface area contributed by atoms with Crippen molar-refractivity contribution in [2.45, 2.75) is 49.7 Å². The van der Waals surface area contributed by atoms with Crippen molar-refractivity contribution in [3.05, 3.63) is 35.9 Å². The summed E-state index contributed by atoms with van der Waals surface area (Å²) in [6, 6.07) is 6.11. The van der Waals surface area contributed by atoms with Gasteiger partial charge in [-0.15, -0.1) is 0 Å². The van der Waals surface area contributed by atoms with Crippen LogP contribution in [0.15, 0.2) is 30.3 Å². The van der Waals surface area contributed by atoms with Gasteiger partial charge in [0.1, 0.15) is 49.0 Å². The molecule has 0 amide bonds. The van der Waals surface area contributed by atoms with Crippen molar-refractivity contribution in [3.63, 3.8) is 0 Å². The Labute approximate surface area is 189 Å². The van der Waals surface area contributed by atoms with Crippen molar-refractivity contribution in [1.82, 2.24) is 0 Å². The van der Waals surface area contributed by atoms with Crippen LogP contribution in [0.25, 0.3) is 6.08 Å². The van der Waals surface area contributed by atoms with Crippen LogP contribution in [0.1, 0.15) is 18.9 Å². The first-order valence-corrected chi connectivity index (χ1v) is 10.4. The molecule has 33 heavy (non-hydrogen) atoms. The molecular weight excluding hydrogens is 440 g/mol. The van der Waals surface area contributed by atoms with Gasteiger partial charge in [-0.2, -0.15) is 0 Å². The Kier molecular flexibility index (Phi) is 8.05. The molecule has 0 aliphatic carbocycles. The molecule has 0 saturated carbocycles. The van der Waals surface area contributed by atoms with Gasteiger partial charge in [0.25, 0.3) is 0 Å². The van der Waals surface area contributed by atoms with Crippen molar-refractivity contribution < 1.29 is 54.1 Å². The maximum absolute atomic E-state index is 12.0. The lowest BCUT2D eigenvalue weighted by Crippen LogP contribution is -2.59. The van der Waals surface area contributed by atoms with Crippen LogP contribution >= 0.6 is 0 Å². The molecule has 2 fully saturated rings. The van der Waals surface area contributed by atoms with E-state index in [9.17, 15) is 35.1 Å². The Morgan fingerprint density at radius 1 is 1.21 bits per heavy atom. The lowest BCUT2D eigenvalue weighted by molar-refractivity contribution is -0.305. The van der Waals surface area contributed by atoms with E-state index in [1.165, 1.54) is 18.2 Å². The van der Waals surface area contributed by atoms with Crippen molar-refractivity contribution in [3.8, 4) is 5.75 Å². The Hall–Kier alpha value is -2.54.